The molecule has 1 heterocycles. The Kier molecular flexibility index (Phi) is 4.66. The van der Waals surface area contributed by atoms with E-state index in [0.717, 1.165) is 16.1 Å². The molecule has 0 spiro atoms. The number of carbonyl (C=O) groups is 1. The second kappa shape index (κ2) is 6.88. The summed E-state index contributed by atoms with van der Waals surface area (Å²) in [5.74, 6) is 1.48. The number of thioether (sulfide) groups is 1. The Hall–Kier alpha value is -2.60. The molecule has 0 atom stereocenters. The SMILES string of the molecule is COc1cc(/C=C2\Sc3ccccc3NC2=O)cc(OC)c1OC. The topological polar surface area (TPSA) is 56.8 Å². The molecule has 5 nitrogen and oxygen atoms in total. The molecule has 0 fully saturated rings. The second-order valence-corrected chi connectivity index (χ2v) is 6.10. The minimum atomic E-state index is -0.132. The highest BCUT2D eigenvalue weighted by atomic mass is 32.2. The second-order valence-electron chi connectivity index (χ2n) is 5.02. The first-order valence-corrected chi connectivity index (χ1v) is 8.08. The lowest BCUT2D eigenvalue weighted by atomic mass is 10.1. The van der Waals surface area contributed by atoms with E-state index in [1.54, 1.807) is 27.4 Å². The van der Waals surface area contributed by atoms with Gasteiger partial charge >= 0.3 is 0 Å². The Morgan fingerprint density at radius 3 is 2.29 bits per heavy atom. The standard InChI is InChI=1S/C18H17NO4S/c1-21-13-8-11(9-14(22-2)17(13)23-3)10-16-18(20)19-12-6-4-5-7-15(12)24-16/h4-10H,1-3H3,(H,19,20)/b16-10-. The smallest absolute Gasteiger partial charge is 0.262 e. The largest absolute Gasteiger partial charge is 0.493 e. The first-order chi connectivity index (χ1) is 11.7. The fraction of sp³-hybridized carbons (Fsp3) is 0.167. The van der Waals surface area contributed by atoms with Crippen molar-refractivity contribution < 1.29 is 19.0 Å². The van der Waals surface area contributed by atoms with Gasteiger partial charge in [0.05, 0.1) is 31.9 Å². The first kappa shape index (κ1) is 16.3. The van der Waals surface area contributed by atoms with Crippen LogP contribution in [-0.4, -0.2) is 27.2 Å². The number of amides is 1. The van der Waals surface area contributed by atoms with Gasteiger partial charge in [0.25, 0.3) is 5.91 Å². The number of carbonyl (C=O) groups excluding carboxylic acids is 1. The zero-order chi connectivity index (χ0) is 17.1. The summed E-state index contributed by atoms with van der Waals surface area (Å²) < 4.78 is 16.0. The summed E-state index contributed by atoms with van der Waals surface area (Å²) in [4.78, 5) is 13.9. The predicted octanol–water partition coefficient (Wildman–Crippen LogP) is 3.80. The van der Waals surface area contributed by atoms with Crippen molar-refractivity contribution in [1.29, 1.82) is 0 Å². The van der Waals surface area contributed by atoms with Crippen LogP contribution in [0, 0.1) is 0 Å². The van der Waals surface area contributed by atoms with E-state index in [0.29, 0.717) is 22.2 Å². The summed E-state index contributed by atoms with van der Waals surface area (Å²) in [6.45, 7) is 0. The van der Waals surface area contributed by atoms with Crippen molar-refractivity contribution >= 4 is 29.4 Å². The number of para-hydroxylation sites is 1. The number of hydrogen-bond acceptors (Lipinski definition) is 5. The van der Waals surface area contributed by atoms with Crippen LogP contribution in [0.2, 0.25) is 0 Å². The van der Waals surface area contributed by atoms with Gasteiger partial charge in [-0.05, 0) is 35.9 Å². The molecule has 124 valence electrons. The third kappa shape index (κ3) is 3.05. The van der Waals surface area contributed by atoms with Crippen LogP contribution in [0.15, 0.2) is 46.2 Å². The molecule has 0 saturated heterocycles. The highest BCUT2D eigenvalue weighted by Gasteiger charge is 2.21. The Bertz CT molecular complexity index is 791. The third-order valence-electron chi connectivity index (χ3n) is 3.56. The van der Waals surface area contributed by atoms with Crippen LogP contribution < -0.4 is 19.5 Å². The van der Waals surface area contributed by atoms with E-state index in [2.05, 4.69) is 5.32 Å². The van der Waals surface area contributed by atoms with E-state index in [-0.39, 0.29) is 5.91 Å². The van der Waals surface area contributed by atoms with Gasteiger partial charge in [-0.1, -0.05) is 23.9 Å². The van der Waals surface area contributed by atoms with Gasteiger partial charge in [0.15, 0.2) is 11.5 Å². The maximum atomic E-state index is 12.3. The maximum Gasteiger partial charge on any atom is 0.262 e. The summed E-state index contributed by atoms with van der Waals surface area (Å²) in [6.07, 6.45) is 1.81. The van der Waals surface area contributed by atoms with Crippen molar-refractivity contribution in [3.63, 3.8) is 0 Å². The van der Waals surface area contributed by atoms with Gasteiger partial charge in [-0.2, -0.15) is 0 Å². The number of fused-ring (bicyclic) bond motifs is 1. The average Bonchev–Trinajstić information content (AvgIpc) is 2.61. The van der Waals surface area contributed by atoms with Crippen molar-refractivity contribution in [2.24, 2.45) is 0 Å². The van der Waals surface area contributed by atoms with Gasteiger partial charge < -0.3 is 19.5 Å². The molecule has 6 heteroatoms. The lowest BCUT2D eigenvalue weighted by Crippen LogP contribution is -2.17. The minimum absolute atomic E-state index is 0.132. The molecule has 0 aromatic heterocycles. The number of ether oxygens (including phenoxy) is 3. The molecule has 0 aliphatic carbocycles. The summed E-state index contributed by atoms with van der Waals surface area (Å²) in [6, 6.07) is 11.3. The van der Waals surface area contributed by atoms with Crippen molar-refractivity contribution in [2.45, 2.75) is 4.90 Å². The number of anilines is 1. The fourth-order valence-corrected chi connectivity index (χ4v) is 3.39. The molecule has 24 heavy (non-hydrogen) atoms. The summed E-state index contributed by atoms with van der Waals surface area (Å²) in [7, 11) is 4.68. The van der Waals surface area contributed by atoms with Crippen LogP contribution in [0.5, 0.6) is 17.2 Å². The monoisotopic (exact) mass is 343 g/mol. The van der Waals surface area contributed by atoms with Crippen LogP contribution in [0.4, 0.5) is 5.69 Å². The van der Waals surface area contributed by atoms with Crippen molar-refractivity contribution in [3.8, 4) is 17.2 Å². The maximum absolute atomic E-state index is 12.3. The first-order valence-electron chi connectivity index (χ1n) is 7.26. The molecule has 0 saturated carbocycles. The summed E-state index contributed by atoms with van der Waals surface area (Å²) in [5.41, 5.74) is 1.62. The van der Waals surface area contributed by atoms with Gasteiger partial charge in [-0.25, -0.2) is 0 Å². The molecule has 1 amide bonds. The number of benzene rings is 2. The Morgan fingerprint density at radius 2 is 1.67 bits per heavy atom. The highest BCUT2D eigenvalue weighted by Crippen LogP contribution is 2.41. The molecular formula is C18H17NO4S. The quantitative estimate of drug-likeness (QED) is 0.856. The summed E-state index contributed by atoms with van der Waals surface area (Å²) in [5, 5.41) is 2.89. The number of methoxy groups -OCH3 is 3. The normalized spacial score (nSPS) is 14.8. The Morgan fingerprint density at radius 1 is 1.00 bits per heavy atom. The number of hydrogen-bond donors (Lipinski definition) is 1. The van der Waals surface area contributed by atoms with E-state index in [1.165, 1.54) is 11.8 Å². The molecular weight excluding hydrogens is 326 g/mol. The zero-order valence-corrected chi connectivity index (χ0v) is 14.4. The average molecular weight is 343 g/mol. The minimum Gasteiger partial charge on any atom is -0.493 e. The number of nitrogens with one attached hydrogen (secondary N) is 1. The van der Waals surface area contributed by atoms with Crippen LogP contribution >= 0.6 is 11.8 Å². The molecule has 2 aromatic rings. The van der Waals surface area contributed by atoms with E-state index in [9.17, 15) is 4.79 Å². The van der Waals surface area contributed by atoms with Gasteiger partial charge in [0.1, 0.15) is 0 Å². The van der Waals surface area contributed by atoms with E-state index < -0.39 is 0 Å². The third-order valence-corrected chi connectivity index (χ3v) is 4.66. The van der Waals surface area contributed by atoms with Crippen LogP contribution in [-0.2, 0) is 4.79 Å². The van der Waals surface area contributed by atoms with Gasteiger partial charge in [-0.15, -0.1) is 0 Å². The molecule has 0 bridgehead atoms. The van der Waals surface area contributed by atoms with Crippen LogP contribution in [0.1, 0.15) is 5.56 Å². The number of rotatable bonds is 4. The highest BCUT2D eigenvalue weighted by molar-refractivity contribution is 8.04. The molecule has 2 aromatic carbocycles. The van der Waals surface area contributed by atoms with Crippen molar-refractivity contribution in [1.82, 2.24) is 0 Å². The Labute approximate surface area is 144 Å². The molecule has 1 aliphatic heterocycles. The lowest BCUT2D eigenvalue weighted by molar-refractivity contribution is -0.112. The van der Waals surface area contributed by atoms with E-state index in [1.807, 2.05) is 36.4 Å². The Balaban J connectivity index is 2.01. The van der Waals surface area contributed by atoms with Crippen molar-refractivity contribution in [2.75, 3.05) is 26.6 Å². The van der Waals surface area contributed by atoms with Crippen LogP contribution in [0.3, 0.4) is 0 Å². The molecule has 0 radical (unpaired) electrons. The van der Waals surface area contributed by atoms with E-state index in [4.69, 9.17) is 14.2 Å². The summed E-state index contributed by atoms with van der Waals surface area (Å²) >= 11 is 1.43. The van der Waals surface area contributed by atoms with Crippen LogP contribution in [0.25, 0.3) is 6.08 Å². The van der Waals surface area contributed by atoms with Gasteiger partial charge in [0, 0.05) is 4.90 Å². The predicted molar refractivity (Wildman–Crippen MR) is 95.0 cm³/mol. The van der Waals surface area contributed by atoms with Gasteiger partial charge in [-0.3, -0.25) is 4.79 Å². The molecule has 1 N–H and O–H groups in total. The van der Waals surface area contributed by atoms with Gasteiger partial charge in [0.2, 0.25) is 5.75 Å². The molecule has 1 aliphatic rings. The molecule has 3 rings (SSSR count). The molecule has 0 unspecified atom stereocenters. The lowest BCUT2D eigenvalue weighted by Gasteiger charge is -2.18. The fourth-order valence-electron chi connectivity index (χ4n) is 2.44. The van der Waals surface area contributed by atoms with E-state index >= 15 is 0 Å². The van der Waals surface area contributed by atoms with Crippen molar-refractivity contribution in [3.05, 3.63) is 46.9 Å². The zero-order valence-electron chi connectivity index (χ0n) is 13.6.